The normalized spacial score (nSPS) is 16.1. The number of hydrogen-bond donors (Lipinski definition) is 1. The summed E-state index contributed by atoms with van der Waals surface area (Å²) in [5.41, 5.74) is 4.68. The van der Waals surface area contributed by atoms with Crippen molar-refractivity contribution in [2.45, 2.75) is 31.8 Å². The molecular weight excluding hydrogens is 350 g/mol. The Hall–Kier alpha value is -3.32. The van der Waals surface area contributed by atoms with E-state index in [2.05, 4.69) is 43.8 Å². The molecule has 7 nitrogen and oxygen atoms in total. The van der Waals surface area contributed by atoms with E-state index in [1.807, 2.05) is 46.0 Å². The van der Waals surface area contributed by atoms with Gasteiger partial charge < -0.3 is 5.32 Å². The van der Waals surface area contributed by atoms with Crippen molar-refractivity contribution in [2.24, 2.45) is 0 Å². The first kappa shape index (κ1) is 16.8. The van der Waals surface area contributed by atoms with Crippen molar-refractivity contribution in [1.82, 2.24) is 34.8 Å². The number of para-hydroxylation sites is 1. The molecule has 1 aromatic carbocycles. The van der Waals surface area contributed by atoms with Crippen LogP contribution in [0.2, 0.25) is 0 Å². The Bertz CT molecular complexity index is 1050. The zero-order chi connectivity index (χ0) is 18.8. The molecule has 0 amide bonds. The average Bonchev–Trinajstić information content (AvgIpc) is 3.41. The number of nitrogens with one attached hydrogen (secondary N) is 1. The molecule has 140 valence electrons. The van der Waals surface area contributed by atoms with E-state index in [4.69, 9.17) is 0 Å². The van der Waals surface area contributed by atoms with E-state index >= 15 is 0 Å². The molecule has 1 aliphatic rings. The molecule has 0 bridgehead atoms. The smallest absolute Gasteiger partial charge is 0.250 e. The number of hydrogen-bond acceptors (Lipinski definition) is 5. The van der Waals surface area contributed by atoms with Crippen LogP contribution >= 0.6 is 0 Å². The van der Waals surface area contributed by atoms with Gasteiger partial charge in [0.15, 0.2) is 0 Å². The Morgan fingerprint density at radius 3 is 2.71 bits per heavy atom. The Kier molecular flexibility index (Phi) is 4.42. The molecular formula is C21H21N7. The zero-order valence-electron chi connectivity index (χ0n) is 15.4. The first-order valence-electron chi connectivity index (χ1n) is 9.55. The highest BCUT2D eigenvalue weighted by atomic mass is 15.3. The van der Waals surface area contributed by atoms with Gasteiger partial charge in [-0.05, 0) is 37.5 Å². The molecule has 1 aliphatic carbocycles. The predicted molar refractivity (Wildman–Crippen MR) is 105 cm³/mol. The lowest BCUT2D eigenvalue weighted by Crippen LogP contribution is -2.25. The maximum atomic E-state index is 4.55. The van der Waals surface area contributed by atoms with Crippen LogP contribution in [-0.2, 0) is 13.0 Å². The summed E-state index contributed by atoms with van der Waals surface area (Å²) < 4.78 is 3.78. The summed E-state index contributed by atoms with van der Waals surface area (Å²) in [6.07, 6.45) is 12.7. The van der Waals surface area contributed by atoms with Crippen molar-refractivity contribution in [3.63, 3.8) is 0 Å². The van der Waals surface area contributed by atoms with Crippen LogP contribution in [0.3, 0.4) is 0 Å². The maximum Gasteiger partial charge on any atom is 0.250 e. The third-order valence-electron chi connectivity index (χ3n) is 5.13. The third-order valence-corrected chi connectivity index (χ3v) is 5.13. The molecule has 3 heterocycles. The first-order valence-corrected chi connectivity index (χ1v) is 9.55. The van der Waals surface area contributed by atoms with Crippen molar-refractivity contribution in [3.05, 3.63) is 84.2 Å². The second-order valence-corrected chi connectivity index (χ2v) is 6.96. The highest BCUT2D eigenvalue weighted by molar-refractivity contribution is 5.32. The first-order chi connectivity index (χ1) is 13.9. The summed E-state index contributed by atoms with van der Waals surface area (Å²) in [5.74, 6) is 0.633. The summed E-state index contributed by atoms with van der Waals surface area (Å²) in [6.45, 7) is 0.768. The van der Waals surface area contributed by atoms with Gasteiger partial charge in [0.2, 0.25) is 0 Å². The van der Waals surface area contributed by atoms with E-state index in [1.165, 1.54) is 11.3 Å². The van der Waals surface area contributed by atoms with Crippen molar-refractivity contribution in [3.8, 4) is 11.6 Å². The standard InChI is InChI=1S/C21H21N7/c1-2-6-17(7-3-1)27-15-16(13-25-27)12-24-19-8-4-9-20-18(19)14-26-28(20)21-22-10-5-11-23-21/h1-3,5-7,10-11,13-15,19,24H,4,8-9,12H2. The molecule has 1 atom stereocenters. The number of aromatic nitrogens is 6. The number of fused-ring (bicyclic) bond motifs is 1. The van der Waals surface area contributed by atoms with Crippen LogP contribution < -0.4 is 5.32 Å². The zero-order valence-corrected chi connectivity index (χ0v) is 15.4. The van der Waals surface area contributed by atoms with Gasteiger partial charge in [0.25, 0.3) is 5.95 Å². The van der Waals surface area contributed by atoms with Crippen molar-refractivity contribution in [1.29, 1.82) is 0 Å². The van der Waals surface area contributed by atoms with Crippen LogP contribution in [0.25, 0.3) is 11.6 Å². The van der Waals surface area contributed by atoms with Crippen molar-refractivity contribution in [2.75, 3.05) is 0 Å². The second kappa shape index (κ2) is 7.36. The molecule has 7 heteroatoms. The SMILES string of the molecule is c1ccc(-n2cc(CNC3CCCc4c3cnn4-c3ncccn3)cn2)cc1. The van der Waals surface area contributed by atoms with E-state index in [0.29, 0.717) is 5.95 Å². The van der Waals surface area contributed by atoms with Gasteiger partial charge in [-0.1, -0.05) is 18.2 Å². The molecule has 0 aliphatic heterocycles. The second-order valence-electron chi connectivity index (χ2n) is 6.96. The molecule has 0 saturated heterocycles. The minimum atomic E-state index is 0.279. The van der Waals surface area contributed by atoms with E-state index in [0.717, 1.165) is 37.1 Å². The van der Waals surface area contributed by atoms with Gasteiger partial charge in [-0.25, -0.2) is 19.3 Å². The Balaban J connectivity index is 1.32. The molecule has 0 fully saturated rings. The summed E-state index contributed by atoms with van der Waals surface area (Å²) in [7, 11) is 0. The summed E-state index contributed by atoms with van der Waals surface area (Å²) in [6, 6.07) is 12.3. The quantitative estimate of drug-likeness (QED) is 0.584. The lowest BCUT2D eigenvalue weighted by molar-refractivity contribution is 0.454. The molecule has 28 heavy (non-hydrogen) atoms. The van der Waals surface area contributed by atoms with Crippen molar-refractivity contribution >= 4 is 0 Å². The van der Waals surface area contributed by atoms with Gasteiger partial charge >= 0.3 is 0 Å². The van der Waals surface area contributed by atoms with Crippen LogP contribution in [0.1, 0.15) is 35.7 Å². The van der Waals surface area contributed by atoms with E-state index < -0.39 is 0 Å². The number of benzene rings is 1. The van der Waals surface area contributed by atoms with E-state index in [-0.39, 0.29) is 6.04 Å². The Labute approximate surface area is 163 Å². The monoisotopic (exact) mass is 371 g/mol. The van der Waals surface area contributed by atoms with Gasteiger partial charge in [0.05, 0.1) is 23.8 Å². The molecule has 0 radical (unpaired) electrons. The molecule has 0 spiro atoms. The van der Waals surface area contributed by atoms with Crippen LogP contribution in [-0.4, -0.2) is 29.5 Å². The average molecular weight is 371 g/mol. The third kappa shape index (κ3) is 3.20. The van der Waals surface area contributed by atoms with E-state index in [9.17, 15) is 0 Å². The Morgan fingerprint density at radius 2 is 1.86 bits per heavy atom. The van der Waals surface area contributed by atoms with Gasteiger partial charge in [-0.2, -0.15) is 10.2 Å². The summed E-state index contributed by atoms with van der Waals surface area (Å²) in [5, 5.41) is 12.7. The highest BCUT2D eigenvalue weighted by Gasteiger charge is 2.25. The highest BCUT2D eigenvalue weighted by Crippen LogP contribution is 2.30. The van der Waals surface area contributed by atoms with Crippen molar-refractivity contribution < 1.29 is 0 Å². The van der Waals surface area contributed by atoms with Crippen LogP contribution in [0, 0.1) is 0 Å². The van der Waals surface area contributed by atoms with Gasteiger partial charge in [0.1, 0.15) is 0 Å². The van der Waals surface area contributed by atoms with Gasteiger partial charge in [0, 0.05) is 42.3 Å². The summed E-state index contributed by atoms with van der Waals surface area (Å²) >= 11 is 0. The predicted octanol–water partition coefficient (Wildman–Crippen LogP) is 3.02. The lowest BCUT2D eigenvalue weighted by atomic mass is 9.93. The molecule has 5 rings (SSSR count). The lowest BCUT2D eigenvalue weighted by Gasteiger charge is -2.23. The largest absolute Gasteiger partial charge is 0.306 e. The number of nitrogens with zero attached hydrogens (tertiary/aromatic N) is 6. The molecule has 0 saturated carbocycles. The Morgan fingerprint density at radius 1 is 1.00 bits per heavy atom. The topological polar surface area (TPSA) is 73.5 Å². The van der Waals surface area contributed by atoms with Gasteiger partial charge in [-0.15, -0.1) is 0 Å². The number of rotatable bonds is 5. The maximum absolute atomic E-state index is 4.55. The van der Waals surface area contributed by atoms with Crippen LogP contribution in [0.4, 0.5) is 0 Å². The molecule has 3 aromatic heterocycles. The molecule has 1 unspecified atom stereocenters. The minimum Gasteiger partial charge on any atom is -0.306 e. The summed E-state index contributed by atoms with van der Waals surface area (Å²) in [4.78, 5) is 8.67. The van der Waals surface area contributed by atoms with Crippen LogP contribution in [0.15, 0.2) is 67.4 Å². The molecule has 1 N–H and O–H groups in total. The fourth-order valence-corrected chi connectivity index (χ4v) is 3.76. The minimum absolute atomic E-state index is 0.279. The molecule has 4 aromatic rings. The van der Waals surface area contributed by atoms with Gasteiger partial charge in [-0.3, -0.25) is 0 Å². The fourth-order valence-electron chi connectivity index (χ4n) is 3.76. The van der Waals surface area contributed by atoms with Crippen LogP contribution in [0.5, 0.6) is 0 Å². The van der Waals surface area contributed by atoms with E-state index in [1.54, 1.807) is 12.4 Å². The fraction of sp³-hybridized carbons (Fsp3) is 0.238.